The van der Waals surface area contributed by atoms with E-state index in [2.05, 4.69) is 0 Å². The third-order valence-electron chi connectivity index (χ3n) is 3.16. The van der Waals surface area contributed by atoms with Gasteiger partial charge in [-0.1, -0.05) is 12.1 Å². The third kappa shape index (κ3) is 2.98. The van der Waals surface area contributed by atoms with Crippen LogP contribution in [0.4, 0.5) is 4.39 Å². The lowest BCUT2D eigenvalue weighted by atomic mass is 10.1. The molecule has 18 heavy (non-hydrogen) atoms. The molecule has 0 spiro atoms. The van der Waals surface area contributed by atoms with Crippen LogP contribution in [0.5, 0.6) is 5.75 Å². The van der Waals surface area contributed by atoms with Gasteiger partial charge < -0.3 is 15.4 Å². The van der Waals surface area contributed by atoms with Crippen molar-refractivity contribution in [3.05, 3.63) is 30.1 Å². The predicted molar refractivity (Wildman–Crippen MR) is 65.6 cm³/mol. The minimum Gasteiger partial charge on any atom is -0.481 e. The van der Waals surface area contributed by atoms with E-state index in [1.54, 1.807) is 17.0 Å². The molecule has 0 saturated carbocycles. The number of para-hydroxylation sites is 1. The smallest absolute Gasteiger partial charge is 0.260 e. The maximum absolute atomic E-state index is 13.3. The molecular weight excluding hydrogens is 235 g/mol. The van der Waals surface area contributed by atoms with Gasteiger partial charge in [0.05, 0.1) is 0 Å². The van der Waals surface area contributed by atoms with Crippen LogP contribution in [-0.4, -0.2) is 37.0 Å². The fraction of sp³-hybridized carbons (Fsp3) is 0.462. The molecule has 0 aliphatic carbocycles. The van der Waals surface area contributed by atoms with Gasteiger partial charge in [0.1, 0.15) is 0 Å². The average Bonchev–Trinajstić information content (AvgIpc) is 2.86. The number of nitrogens with two attached hydrogens (primary N) is 1. The molecule has 0 radical (unpaired) electrons. The highest BCUT2D eigenvalue weighted by Crippen LogP contribution is 2.17. The van der Waals surface area contributed by atoms with Gasteiger partial charge in [-0.05, 0) is 31.0 Å². The Morgan fingerprint density at radius 3 is 2.94 bits per heavy atom. The van der Waals surface area contributed by atoms with Crippen LogP contribution in [0.15, 0.2) is 24.3 Å². The van der Waals surface area contributed by atoms with E-state index in [9.17, 15) is 9.18 Å². The third-order valence-corrected chi connectivity index (χ3v) is 3.16. The molecule has 1 aliphatic rings. The Bertz CT molecular complexity index is 425. The maximum Gasteiger partial charge on any atom is 0.260 e. The summed E-state index contributed by atoms with van der Waals surface area (Å²) >= 11 is 0. The summed E-state index contributed by atoms with van der Waals surface area (Å²) in [6.07, 6.45) is 0.932. The lowest BCUT2D eigenvalue weighted by molar-refractivity contribution is -0.132. The van der Waals surface area contributed by atoms with E-state index in [-0.39, 0.29) is 18.3 Å². The number of rotatable bonds is 4. The molecule has 0 unspecified atom stereocenters. The number of hydrogen-bond acceptors (Lipinski definition) is 3. The molecule has 2 rings (SSSR count). The van der Waals surface area contributed by atoms with Crippen molar-refractivity contribution in [1.29, 1.82) is 0 Å². The molecule has 1 aromatic rings. The van der Waals surface area contributed by atoms with Crippen molar-refractivity contribution in [2.45, 2.75) is 6.42 Å². The van der Waals surface area contributed by atoms with E-state index in [4.69, 9.17) is 10.5 Å². The molecule has 4 nitrogen and oxygen atoms in total. The number of amides is 1. The van der Waals surface area contributed by atoms with E-state index < -0.39 is 5.82 Å². The highest BCUT2D eigenvalue weighted by Gasteiger charge is 2.25. The van der Waals surface area contributed by atoms with Gasteiger partial charge in [0.2, 0.25) is 0 Å². The number of likely N-dealkylation sites (tertiary alicyclic amines) is 1. The number of halogens is 1. The van der Waals surface area contributed by atoms with Gasteiger partial charge >= 0.3 is 0 Å². The predicted octanol–water partition coefficient (Wildman–Crippen LogP) is 1.01. The van der Waals surface area contributed by atoms with Gasteiger partial charge in [-0.2, -0.15) is 0 Å². The summed E-state index contributed by atoms with van der Waals surface area (Å²) in [7, 11) is 0. The summed E-state index contributed by atoms with van der Waals surface area (Å²) in [6, 6.07) is 6.06. The van der Waals surface area contributed by atoms with Gasteiger partial charge in [-0.15, -0.1) is 0 Å². The standard InChI is InChI=1S/C13H17FN2O2/c14-11-3-1-2-4-12(11)18-9-13(17)16-6-5-10(7-15)8-16/h1-4,10H,5-9,15H2/t10-/m1/s1. The van der Waals surface area contributed by atoms with E-state index in [1.807, 2.05) is 0 Å². The van der Waals surface area contributed by atoms with Gasteiger partial charge in [0.25, 0.3) is 5.91 Å². The summed E-state index contributed by atoms with van der Waals surface area (Å²) < 4.78 is 18.4. The molecule has 5 heteroatoms. The van der Waals surface area contributed by atoms with Crippen molar-refractivity contribution in [3.8, 4) is 5.75 Å². The van der Waals surface area contributed by atoms with Crippen LogP contribution in [0, 0.1) is 11.7 Å². The van der Waals surface area contributed by atoms with Crippen LogP contribution < -0.4 is 10.5 Å². The number of carbonyl (C=O) groups is 1. The summed E-state index contributed by atoms with van der Waals surface area (Å²) in [5.74, 6) is -0.0800. The first-order chi connectivity index (χ1) is 8.70. The first-order valence-corrected chi connectivity index (χ1v) is 6.06. The second-order valence-corrected chi connectivity index (χ2v) is 4.45. The van der Waals surface area contributed by atoms with E-state index >= 15 is 0 Å². The lowest BCUT2D eigenvalue weighted by Crippen LogP contribution is -2.33. The maximum atomic E-state index is 13.3. The normalized spacial score (nSPS) is 19.0. The highest BCUT2D eigenvalue weighted by molar-refractivity contribution is 5.78. The van der Waals surface area contributed by atoms with Crippen molar-refractivity contribution in [1.82, 2.24) is 4.90 Å². The summed E-state index contributed by atoms with van der Waals surface area (Å²) in [4.78, 5) is 13.5. The van der Waals surface area contributed by atoms with Crippen LogP contribution in [0.25, 0.3) is 0 Å². The number of benzene rings is 1. The van der Waals surface area contributed by atoms with Gasteiger partial charge in [0.15, 0.2) is 18.2 Å². The Balaban J connectivity index is 1.84. The summed E-state index contributed by atoms with van der Waals surface area (Å²) in [5, 5.41) is 0. The Morgan fingerprint density at radius 2 is 2.28 bits per heavy atom. The zero-order chi connectivity index (χ0) is 13.0. The van der Waals surface area contributed by atoms with Crippen LogP contribution >= 0.6 is 0 Å². The highest BCUT2D eigenvalue weighted by atomic mass is 19.1. The molecule has 1 saturated heterocycles. The van der Waals surface area contributed by atoms with Crippen LogP contribution in [-0.2, 0) is 4.79 Å². The van der Waals surface area contributed by atoms with Gasteiger partial charge in [-0.25, -0.2) is 4.39 Å². The monoisotopic (exact) mass is 252 g/mol. The fourth-order valence-electron chi connectivity index (χ4n) is 2.04. The Morgan fingerprint density at radius 1 is 1.50 bits per heavy atom. The molecule has 1 atom stereocenters. The number of nitrogens with zero attached hydrogens (tertiary/aromatic N) is 1. The topological polar surface area (TPSA) is 55.6 Å². The van der Waals surface area contributed by atoms with Crippen molar-refractivity contribution in [2.24, 2.45) is 11.7 Å². The van der Waals surface area contributed by atoms with Crippen molar-refractivity contribution in [3.63, 3.8) is 0 Å². The number of carbonyl (C=O) groups excluding carboxylic acids is 1. The molecule has 1 fully saturated rings. The zero-order valence-electron chi connectivity index (χ0n) is 10.1. The van der Waals surface area contributed by atoms with Crippen LogP contribution in [0.2, 0.25) is 0 Å². The molecule has 1 aliphatic heterocycles. The van der Waals surface area contributed by atoms with Crippen LogP contribution in [0.3, 0.4) is 0 Å². The van der Waals surface area contributed by atoms with Crippen molar-refractivity contribution < 1.29 is 13.9 Å². The minimum absolute atomic E-state index is 0.112. The van der Waals surface area contributed by atoms with Crippen LogP contribution in [0.1, 0.15) is 6.42 Å². The first-order valence-electron chi connectivity index (χ1n) is 6.06. The molecule has 1 heterocycles. The minimum atomic E-state index is -0.452. The molecule has 1 aromatic carbocycles. The summed E-state index contributed by atoms with van der Waals surface area (Å²) in [5.41, 5.74) is 5.56. The summed E-state index contributed by atoms with van der Waals surface area (Å²) in [6.45, 7) is 1.85. The largest absolute Gasteiger partial charge is 0.481 e. The SMILES string of the molecule is NC[C@H]1CCN(C(=O)COc2ccccc2F)C1. The Kier molecular flexibility index (Phi) is 4.15. The van der Waals surface area contributed by atoms with Crippen molar-refractivity contribution in [2.75, 3.05) is 26.2 Å². The Labute approximate surface area is 106 Å². The second-order valence-electron chi connectivity index (χ2n) is 4.45. The van der Waals surface area contributed by atoms with Crippen molar-refractivity contribution >= 4 is 5.91 Å². The molecular formula is C13H17FN2O2. The second kappa shape index (κ2) is 5.82. The van der Waals surface area contributed by atoms with E-state index in [1.165, 1.54) is 12.1 Å². The Hall–Kier alpha value is -1.62. The lowest BCUT2D eigenvalue weighted by Gasteiger charge is -2.16. The van der Waals surface area contributed by atoms with Gasteiger partial charge in [0, 0.05) is 13.1 Å². The molecule has 98 valence electrons. The first kappa shape index (κ1) is 12.8. The molecule has 1 amide bonds. The van der Waals surface area contributed by atoms with E-state index in [0.29, 0.717) is 25.6 Å². The molecule has 0 aromatic heterocycles. The fourth-order valence-corrected chi connectivity index (χ4v) is 2.04. The van der Waals surface area contributed by atoms with E-state index in [0.717, 1.165) is 6.42 Å². The number of hydrogen-bond donors (Lipinski definition) is 1. The van der Waals surface area contributed by atoms with Gasteiger partial charge in [-0.3, -0.25) is 4.79 Å². The quantitative estimate of drug-likeness (QED) is 0.870. The average molecular weight is 252 g/mol. The number of ether oxygens (including phenoxy) is 1. The molecule has 0 bridgehead atoms. The molecule has 2 N–H and O–H groups in total. The zero-order valence-corrected chi connectivity index (χ0v) is 10.1.